The molecule has 1 aliphatic rings. The molecule has 0 bridgehead atoms. The van der Waals surface area contributed by atoms with E-state index in [4.69, 9.17) is 0 Å². The van der Waals surface area contributed by atoms with Crippen LogP contribution in [-0.2, 0) is 0 Å². The quantitative estimate of drug-likeness (QED) is 0.536. The van der Waals surface area contributed by atoms with Crippen molar-refractivity contribution in [3.05, 3.63) is 34.5 Å². The van der Waals surface area contributed by atoms with Crippen LogP contribution in [0.15, 0.2) is 34.5 Å². The van der Waals surface area contributed by atoms with E-state index in [0.717, 1.165) is 14.8 Å². The molecule has 1 rings (SSSR count). The number of allylic oxidation sites excluding steroid dienone is 5. The number of hydrogen-bond donors (Lipinski definition) is 0. The molecule has 0 aromatic heterocycles. The van der Waals surface area contributed by atoms with Gasteiger partial charge in [0.2, 0.25) is 0 Å². The molecule has 0 saturated carbocycles. The van der Waals surface area contributed by atoms with Gasteiger partial charge < -0.3 is 0 Å². The fourth-order valence-corrected chi connectivity index (χ4v) is 10.1. The van der Waals surface area contributed by atoms with Crippen molar-refractivity contribution in [2.24, 2.45) is 0 Å². The van der Waals surface area contributed by atoms with Gasteiger partial charge in [0.15, 0.2) is 0 Å². The summed E-state index contributed by atoms with van der Waals surface area (Å²) >= 11 is -2.50. The normalized spacial score (nSPS) is 21.7. The standard InChI is InChI=1S/C6H7BF2.C3H5.2CH3.Sn/c1-7(8,9)6-4-2-3-5-6;1-3-2;;;/h2-4,6H,1H3;3H,1-2H2;2*1H3;/q-1;;;;. The Hall–Kier alpha value is -0.0564. The predicted molar refractivity (Wildman–Crippen MR) is 67.3 cm³/mol. The first-order valence-electron chi connectivity index (χ1n) is 5.34. The van der Waals surface area contributed by atoms with Gasteiger partial charge in [-0.2, -0.15) is 0 Å². The number of rotatable bonds is 4. The van der Waals surface area contributed by atoms with Gasteiger partial charge in [-0.25, -0.2) is 0 Å². The van der Waals surface area contributed by atoms with Gasteiger partial charge in [0.25, 0.3) is 0 Å². The predicted octanol–water partition coefficient (Wildman–Crippen LogP) is 4.30. The zero-order valence-corrected chi connectivity index (χ0v) is 12.5. The molecule has 0 spiro atoms. The van der Waals surface area contributed by atoms with Crippen LogP contribution in [0.5, 0.6) is 0 Å². The second-order valence-corrected chi connectivity index (χ2v) is 18.6. The van der Waals surface area contributed by atoms with E-state index >= 15 is 0 Å². The third-order valence-corrected chi connectivity index (χ3v) is 12.6. The van der Waals surface area contributed by atoms with Crippen LogP contribution < -0.4 is 0 Å². The number of hydrogen-bond acceptors (Lipinski definition) is 0. The van der Waals surface area contributed by atoms with Crippen LogP contribution in [-0.4, -0.2) is 25.1 Å². The minimum absolute atomic E-state index is 0.601. The van der Waals surface area contributed by atoms with Gasteiger partial charge >= 0.3 is 95.1 Å². The van der Waals surface area contributed by atoms with Crippen LogP contribution in [0.2, 0.25) is 27.0 Å². The van der Waals surface area contributed by atoms with E-state index in [0.29, 0.717) is 0 Å². The third kappa shape index (κ3) is 2.96. The summed E-state index contributed by atoms with van der Waals surface area (Å²) in [7, 11) is 0. The van der Waals surface area contributed by atoms with Crippen LogP contribution >= 0.6 is 0 Å². The van der Waals surface area contributed by atoms with Crippen molar-refractivity contribution < 1.29 is 8.63 Å². The third-order valence-electron chi connectivity index (χ3n) is 3.02. The van der Waals surface area contributed by atoms with Gasteiger partial charge in [0.05, 0.1) is 0 Å². The molecule has 0 fully saturated rings. The molecule has 84 valence electrons. The second-order valence-electron chi connectivity index (χ2n) is 5.01. The van der Waals surface area contributed by atoms with Crippen molar-refractivity contribution in [1.82, 2.24) is 0 Å². The summed E-state index contributed by atoms with van der Waals surface area (Å²) in [5.74, 6) is -0.601. The molecule has 0 saturated heterocycles. The molecule has 0 N–H and O–H groups in total. The molecule has 0 amide bonds. The zero-order valence-electron chi connectivity index (χ0n) is 9.63. The molecule has 1 atom stereocenters. The van der Waals surface area contributed by atoms with E-state index in [1.165, 1.54) is 0 Å². The molecule has 0 heterocycles. The van der Waals surface area contributed by atoms with Gasteiger partial charge in [-0.05, 0) is 0 Å². The minimum atomic E-state index is -3.28. The van der Waals surface area contributed by atoms with Gasteiger partial charge in [0, 0.05) is 0 Å². The molecule has 4 heteroatoms. The van der Waals surface area contributed by atoms with E-state index in [1.54, 1.807) is 12.2 Å². The maximum atomic E-state index is 13.4. The first-order chi connectivity index (χ1) is 6.79. The van der Waals surface area contributed by atoms with E-state index < -0.39 is 30.9 Å². The van der Waals surface area contributed by atoms with Crippen molar-refractivity contribution >= 4 is 25.1 Å². The van der Waals surface area contributed by atoms with E-state index in [-0.39, 0.29) is 0 Å². The molecule has 0 aromatic rings. The van der Waals surface area contributed by atoms with Gasteiger partial charge in [-0.3, -0.25) is 0 Å². The summed E-state index contributed by atoms with van der Waals surface area (Å²) in [5.41, 5.74) is 0. The summed E-state index contributed by atoms with van der Waals surface area (Å²) in [6.45, 7) is 1.53. The van der Waals surface area contributed by atoms with Gasteiger partial charge in [-0.1, -0.05) is 0 Å². The topological polar surface area (TPSA) is 0 Å². The zero-order chi connectivity index (χ0) is 11.7. The fourth-order valence-electron chi connectivity index (χ4n) is 2.16. The van der Waals surface area contributed by atoms with Crippen molar-refractivity contribution in [3.63, 3.8) is 0 Å². The monoisotopic (exact) mass is 319 g/mol. The maximum absolute atomic E-state index is 13.4. The molecule has 0 radical (unpaired) electrons. The Morgan fingerprint density at radius 3 is 2.60 bits per heavy atom. The average molecular weight is 318 g/mol. The summed E-state index contributed by atoms with van der Waals surface area (Å²) in [6.07, 6.45) is 7.26. The summed E-state index contributed by atoms with van der Waals surface area (Å²) in [6, 6.07) is 0. The molecular formula is C11H18BF2Sn-. The Bertz CT molecular complexity index is 313. The Balaban J connectivity index is 2.93. The van der Waals surface area contributed by atoms with E-state index in [9.17, 15) is 8.63 Å². The SMILES string of the molecule is C=C[CH2][Sn]([CH3])([CH3])[C]1=CC=CC1[B-](C)(F)F. The van der Waals surface area contributed by atoms with Crippen molar-refractivity contribution in [2.75, 3.05) is 0 Å². The first-order valence-corrected chi connectivity index (χ1v) is 14.5. The molecule has 0 aliphatic heterocycles. The Kier molecular flexibility index (Phi) is 3.85. The van der Waals surface area contributed by atoms with Crippen LogP contribution in [0.25, 0.3) is 0 Å². The van der Waals surface area contributed by atoms with Crippen molar-refractivity contribution in [3.8, 4) is 0 Å². The van der Waals surface area contributed by atoms with Gasteiger partial charge in [0.1, 0.15) is 0 Å². The van der Waals surface area contributed by atoms with Crippen LogP contribution in [0, 0.1) is 0 Å². The van der Waals surface area contributed by atoms with E-state index in [2.05, 4.69) is 16.5 Å². The van der Waals surface area contributed by atoms with Crippen LogP contribution in [0.3, 0.4) is 0 Å². The second kappa shape index (κ2) is 4.44. The van der Waals surface area contributed by atoms with Gasteiger partial charge in [-0.15, -0.1) is 0 Å². The fraction of sp³-hybridized carbons (Fsp3) is 0.455. The Labute approximate surface area is 95.0 Å². The molecule has 0 aromatic carbocycles. The molecule has 15 heavy (non-hydrogen) atoms. The summed E-state index contributed by atoms with van der Waals surface area (Å²) in [4.78, 5) is 4.40. The summed E-state index contributed by atoms with van der Waals surface area (Å²) in [5, 5.41) is 0. The summed E-state index contributed by atoms with van der Waals surface area (Å²) < 4.78 is 28.8. The van der Waals surface area contributed by atoms with Crippen molar-refractivity contribution in [2.45, 2.75) is 27.0 Å². The van der Waals surface area contributed by atoms with Crippen LogP contribution in [0.1, 0.15) is 0 Å². The molecule has 1 unspecified atom stereocenters. The Morgan fingerprint density at radius 2 is 2.13 bits per heavy atom. The molecule has 0 nitrogen and oxygen atoms in total. The molecule has 1 aliphatic carbocycles. The Morgan fingerprint density at radius 1 is 1.53 bits per heavy atom. The number of halogens is 2. The van der Waals surface area contributed by atoms with E-state index in [1.807, 2.05) is 12.2 Å². The van der Waals surface area contributed by atoms with Crippen molar-refractivity contribution in [1.29, 1.82) is 0 Å². The molecular weight excluding hydrogens is 300 g/mol. The van der Waals surface area contributed by atoms with Crippen LogP contribution in [0.4, 0.5) is 8.63 Å². The first kappa shape index (κ1) is 13.0. The average Bonchev–Trinajstić information content (AvgIpc) is 2.49.